The van der Waals surface area contributed by atoms with Crippen LogP contribution in [0.25, 0.3) is 0 Å². The SMILES string of the molecule is O=C(N/N=C\[C@@H]1C[C@@H]2C=C[C@H]1C2)c1ccccc1F. The molecule has 0 spiro atoms. The fourth-order valence-electron chi connectivity index (χ4n) is 2.89. The molecular formula is C15H15FN2O. The Hall–Kier alpha value is -1.97. The largest absolute Gasteiger partial charge is 0.274 e. The van der Waals surface area contributed by atoms with Crippen molar-refractivity contribution in [2.45, 2.75) is 12.8 Å². The van der Waals surface area contributed by atoms with Crippen molar-refractivity contribution in [3.05, 3.63) is 47.8 Å². The average Bonchev–Trinajstić information content (AvgIpc) is 3.01. The molecule has 2 bridgehead atoms. The molecule has 1 aromatic rings. The van der Waals surface area contributed by atoms with Gasteiger partial charge in [0.1, 0.15) is 5.82 Å². The highest BCUT2D eigenvalue weighted by Crippen LogP contribution is 2.42. The first kappa shape index (κ1) is 12.1. The first-order valence-corrected chi connectivity index (χ1v) is 6.50. The maximum atomic E-state index is 13.4. The van der Waals surface area contributed by atoms with Crippen LogP contribution in [0.1, 0.15) is 23.2 Å². The van der Waals surface area contributed by atoms with E-state index in [1.54, 1.807) is 18.3 Å². The Balaban J connectivity index is 1.59. The molecule has 1 saturated carbocycles. The van der Waals surface area contributed by atoms with Crippen molar-refractivity contribution in [3.63, 3.8) is 0 Å². The fraction of sp³-hybridized carbons (Fsp3) is 0.333. The van der Waals surface area contributed by atoms with E-state index < -0.39 is 11.7 Å². The van der Waals surface area contributed by atoms with Crippen LogP contribution < -0.4 is 5.43 Å². The maximum absolute atomic E-state index is 13.4. The number of rotatable bonds is 3. The van der Waals surface area contributed by atoms with Gasteiger partial charge >= 0.3 is 0 Å². The molecule has 19 heavy (non-hydrogen) atoms. The van der Waals surface area contributed by atoms with E-state index in [-0.39, 0.29) is 5.56 Å². The fourth-order valence-corrected chi connectivity index (χ4v) is 2.89. The van der Waals surface area contributed by atoms with Gasteiger partial charge in [0, 0.05) is 12.1 Å². The minimum Gasteiger partial charge on any atom is -0.267 e. The molecule has 1 N–H and O–H groups in total. The Labute approximate surface area is 111 Å². The van der Waals surface area contributed by atoms with Crippen molar-refractivity contribution in [1.29, 1.82) is 0 Å². The van der Waals surface area contributed by atoms with Crippen LogP contribution in [0, 0.1) is 23.6 Å². The summed E-state index contributed by atoms with van der Waals surface area (Å²) in [4.78, 5) is 11.7. The molecule has 3 nitrogen and oxygen atoms in total. The standard InChI is InChI=1S/C15H15FN2O/c16-14-4-2-1-3-13(14)15(19)18-17-9-12-8-10-5-6-11(12)7-10/h1-6,9-12H,7-8H2,(H,18,19)/b17-9-/t10-,11+,12+/m1/s1. The van der Waals surface area contributed by atoms with E-state index in [4.69, 9.17) is 0 Å². The third-order valence-corrected chi connectivity index (χ3v) is 3.88. The summed E-state index contributed by atoms with van der Waals surface area (Å²) in [6.07, 6.45) is 8.56. The van der Waals surface area contributed by atoms with E-state index in [1.165, 1.54) is 18.6 Å². The maximum Gasteiger partial charge on any atom is 0.274 e. The van der Waals surface area contributed by atoms with Crippen molar-refractivity contribution >= 4 is 12.1 Å². The predicted octanol–water partition coefficient (Wildman–Crippen LogP) is 2.75. The monoisotopic (exact) mass is 258 g/mol. The smallest absolute Gasteiger partial charge is 0.267 e. The number of amides is 1. The summed E-state index contributed by atoms with van der Waals surface area (Å²) in [5, 5.41) is 3.96. The number of hydrazone groups is 1. The molecule has 1 aromatic carbocycles. The van der Waals surface area contributed by atoms with Gasteiger partial charge in [-0.3, -0.25) is 4.79 Å². The van der Waals surface area contributed by atoms with Crippen LogP contribution in [0.5, 0.6) is 0 Å². The van der Waals surface area contributed by atoms with Gasteiger partial charge in [-0.15, -0.1) is 0 Å². The number of fused-ring (bicyclic) bond motifs is 2. The van der Waals surface area contributed by atoms with Crippen molar-refractivity contribution in [2.24, 2.45) is 22.9 Å². The summed E-state index contributed by atoms with van der Waals surface area (Å²) in [5.74, 6) is 0.588. The van der Waals surface area contributed by atoms with E-state index in [0.29, 0.717) is 17.8 Å². The van der Waals surface area contributed by atoms with Crippen molar-refractivity contribution in [1.82, 2.24) is 5.43 Å². The minimum absolute atomic E-state index is 0.0208. The van der Waals surface area contributed by atoms with E-state index in [9.17, 15) is 9.18 Å². The van der Waals surface area contributed by atoms with Crippen LogP contribution in [0.2, 0.25) is 0 Å². The van der Waals surface area contributed by atoms with E-state index in [1.807, 2.05) is 0 Å². The molecule has 0 radical (unpaired) electrons. The molecule has 1 fully saturated rings. The molecule has 98 valence electrons. The molecule has 2 aliphatic carbocycles. The number of carbonyl (C=O) groups excluding carboxylic acids is 1. The van der Waals surface area contributed by atoms with Gasteiger partial charge in [0.05, 0.1) is 5.56 Å². The molecular weight excluding hydrogens is 243 g/mol. The molecule has 3 atom stereocenters. The number of carbonyl (C=O) groups is 1. The first-order valence-electron chi connectivity index (χ1n) is 6.50. The van der Waals surface area contributed by atoms with Gasteiger partial charge in [0.15, 0.2) is 0 Å². The van der Waals surface area contributed by atoms with Crippen LogP contribution in [0.3, 0.4) is 0 Å². The summed E-state index contributed by atoms with van der Waals surface area (Å²) in [5.41, 5.74) is 2.41. The lowest BCUT2D eigenvalue weighted by molar-refractivity contribution is 0.0951. The molecule has 0 saturated heterocycles. The lowest BCUT2D eigenvalue weighted by Gasteiger charge is -2.11. The Bertz CT molecular complexity index is 553. The molecule has 3 rings (SSSR count). The second kappa shape index (κ2) is 4.96. The molecule has 0 aliphatic heterocycles. The number of benzene rings is 1. The molecule has 0 aromatic heterocycles. The van der Waals surface area contributed by atoms with Crippen LogP contribution in [0.15, 0.2) is 41.5 Å². The third kappa shape index (κ3) is 2.43. The van der Waals surface area contributed by atoms with Gasteiger partial charge in [-0.25, -0.2) is 9.82 Å². The predicted molar refractivity (Wildman–Crippen MR) is 71.2 cm³/mol. The number of hydrogen-bond donors (Lipinski definition) is 1. The Kier molecular flexibility index (Phi) is 3.15. The summed E-state index contributed by atoms with van der Waals surface area (Å²) >= 11 is 0. The number of hydrogen-bond acceptors (Lipinski definition) is 2. The van der Waals surface area contributed by atoms with E-state index in [0.717, 1.165) is 6.42 Å². The zero-order chi connectivity index (χ0) is 13.2. The average molecular weight is 258 g/mol. The Morgan fingerprint density at radius 2 is 2.16 bits per heavy atom. The van der Waals surface area contributed by atoms with Crippen molar-refractivity contribution < 1.29 is 9.18 Å². The lowest BCUT2D eigenvalue weighted by atomic mass is 9.95. The normalized spacial score (nSPS) is 28.2. The van der Waals surface area contributed by atoms with Gasteiger partial charge in [-0.1, -0.05) is 24.3 Å². The van der Waals surface area contributed by atoms with Crippen LogP contribution in [0.4, 0.5) is 4.39 Å². The third-order valence-electron chi connectivity index (χ3n) is 3.88. The Morgan fingerprint density at radius 3 is 2.84 bits per heavy atom. The minimum atomic E-state index is -0.530. The van der Waals surface area contributed by atoms with Crippen molar-refractivity contribution in [2.75, 3.05) is 0 Å². The number of allylic oxidation sites excluding steroid dienone is 2. The quantitative estimate of drug-likeness (QED) is 0.505. The Morgan fingerprint density at radius 1 is 1.32 bits per heavy atom. The van der Waals surface area contributed by atoms with Crippen molar-refractivity contribution in [3.8, 4) is 0 Å². The van der Waals surface area contributed by atoms with E-state index >= 15 is 0 Å². The zero-order valence-electron chi connectivity index (χ0n) is 10.4. The first-order chi connectivity index (χ1) is 9.24. The van der Waals surface area contributed by atoms with Gasteiger partial charge in [0.25, 0.3) is 5.91 Å². The van der Waals surface area contributed by atoms with Gasteiger partial charge in [0.2, 0.25) is 0 Å². The number of nitrogens with zero attached hydrogens (tertiary/aromatic N) is 1. The summed E-state index contributed by atoms with van der Waals surface area (Å²) in [6.45, 7) is 0. The lowest BCUT2D eigenvalue weighted by Crippen LogP contribution is -2.20. The summed E-state index contributed by atoms with van der Waals surface area (Å²) < 4.78 is 13.4. The topological polar surface area (TPSA) is 41.5 Å². The highest BCUT2D eigenvalue weighted by atomic mass is 19.1. The molecule has 0 unspecified atom stereocenters. The molecule has 2 aliphatic rings. The van der Waals surface area contributed by atoms with Gasteiger partial charge < -0.3 is 0 Å². The number of nitrogens with one attached hydrogen (secondary N) is 1. The van der Waals surface area contributed by atoms with E-state index in [2.05, 4.69) is 22.7 Å². The zero-order valence-corrected chi connectivity index (χ0v) is 10.4. The highest BCUT2D eigenvalue weighted by Gasteiger charge is 2.34. The van der Waals surface area contributed by atoms with Crippen LogP contribution in [-0.2, 0) is 0 Å². The molecule has 4 heteroatoms. The summed E-state index contributed by atoms with van der Waals surface area (Å²) in [6, 6.07) is 5.89. The summed E-state index contributed by atoms with van der Waals surface area (Å²) in [7, 11) is 0. The van der Waals surface area contributed by atoms with Gasteiger partial charge in [-0.05, 0) is 36.8 Å². The highest BCUT2D eigenvalue weighted by molar-refractivity contribution is 5.94. The number of halogens is 1. The van der Waals surface area contributed by atoms with Crippen LogP contribution >= 0.6 is 0 Å². The second-order valence-corrected chi connectivity index (χ2v) is 5.14. The van der Waals surface area contributed by atoms with Gasteiger partial charge in [-0.2, -0.15) is 5.10 Å². The molecule has 1 amide bonds. The second-order valence-electron chi connectivity index (χ2n) is 5.14. The van der Waals surface area contributed by atoms with Crippen LogP contribution in [-0.4, -0.2) is 12.1 Å². The molecule has 0 heterocycles.